The van der Waals surface area contributed by atoms with Crippen LogP contribution in [0.4, 0.5) is 0 Å². The molecule has 0 aliphatic carbocycles. The standard InChI is InChI=1S/C22H14BrN3/c23-18-8-4-5-9-21(18)26-14-25-20-13-24-19-11-10-16(12-17(19)22(20)26)15-6-2-1-3-7-15/h1-14H. The second-order valence-corrected chi connectivity index (χ2v) is 7.01. The molecule has 124 valence electrons. The topological polar surface area (TPSA) is 30.7 Å². The van der Waals surface area contributed by atoms with Gasteiger partial charge in [0.25, 0.3) is 0 Å². The molecular weight excluding hydrogens is 386 g/mol. The molecule has 0 saturated heterocycles. The number of halogens is 1. The monoisotopic (exact) mass is 399 g/mol. The summed E-state index contributed by atoms with van der Waals surface area (Å²) in [7, 11) is 0. The maximum Gasteiger partial charge on any atom is 0.108 e. The average Bonchev–Trinajstić information content (AvgIpc) is 3.13. The van der Waals surface area contributed by atoms with Crippen molar-refractivity contribution in [2.75, 3.05) is 0 Å². The number of benzene rings is 3. The Morgan fingerprint density at radius 1 is 0.731 bits per heavy atom. The van der Waals surface area contributed by atoms with Crippen molar-refractivity contribution in [2.45, 2.75) is 0 Å². The van der Waals surface area contributed by atoms with E-state index in [2.05, 4.69) is 79.0 Å². The van der Waals surface area contributed by atoms with Crippen LogP contribution in [0.25, 0.3) is 38.8 Å². The van der Waals surface area contributed by atoms with Crippen LogP contribution in [0.5, 0.6) is 0 Å². The molecule has 0 saturated carbocycles. The van der Waals surface area contributed by atoms with Crippen LogP contribution in [0.15, 0.2) is 89.8 Å². The first-order valence-electron chi connectivity index (χ1n) is 8.37. The Morgan fingerprint density at radius 2 is 1.54 bits per heavy atom. The summed E-state index contributed by atoms with van der Waals surface area (Å²) >= 11 is 3.65. The SMILES string of the molecule is Brc1ccccc1-n1cnc2cnc3ccc(-c4ccccc4)cc3c21. The number of hydrogen-bond acceptors (Lipinski definition) is 2. The highest BCUT2D eigenvalue weighted by Crippen LogP contribution is 2.31. The van der Waals surface area contributed by atoms with E-state index in [1.807, 2.05) is 36.8 Å². The average molecular weight is 400 g/mol. The van der Waals surface area contributed by atoms with Crippen molar-refractivity contribution in [2.24, 2.45) is 0 Å². The summed E-state index contributed by atoms with van der Waals surface area (Å²) in [5.41, 5.74) is 6.35. The number of aromatic nitrogens is 3. The highest BCUT2D eigenvalue weighted by molar-refractivity contribution is 9.10. The lowest BCUT2D eigenvalue weighted by Gasteiger charge is -2.10. The number of hydrogen-bond donors (Lipinski definition) is 0. The zero-order chi connectivity index (χ0) is 17.5. The van der Waals surface area contributed by atoms with Gasteiger partial charge in [-0.15, -0.1) is 0 Å². The fourth-order valence-electron chi connectivity index (χ4n) is 3.33. The van der Waals surface area contributed by atoms with Crippen LogP contribution < -0.4 is 0 Å². The Morgan fingerprint density at radius 3 is 2.38 bits per heavy atom. The molecule has 4 heteroatoms. The van der Waals surface area contributed by atoms with E-state index < -0.39 is 0 Å². The Balaban J connectivity index is 1.84. The van der Waals surface area contributed by atoms with E-state index in [4.69, 9.17) is 0 Å². The van der Waals surface area contributed by atoms with Gasteiger partial charge in [-0.2, -0.15) is 0 Å². The van der Waals surface area contributed by atoms with Gasteiger partial charge in [-0.25, -0.2) is 4.98 Å². The first-order chi connectivity index (χ1) is 12.8. The summed E-state index contributed by atoms with van der Waals surface area (Å²) < 4.78 is 3.15. The van der Waals surface area contributed by atoms with Crippen molar-refractivity contribution >= 4 is 37.9 Å². The lowest BCUT2D eigenvalue weighted by atomic mass is 10.0. The third-order valence-corrected chi connectivity index (χ3v) is 5.26. The molecule has 0 bridgehead atoms. The van der Waals surface area contributed by atoms with Gasteiger partial charge in [-0.05, 0) is 51.3 Å². The fraction of sp³-hybridized carbons (Fsp3) is 0. The molecule has 2 aromatic heterocycles. The number of para-hydroxylation sites is 1. The smallest absolute Gasteiger partial charge is 0.108 e. The molecular formula is C22H14BrN3. The molecule has 0 fully saturated rings. The summed E-state index contributed by atoms with van der Waals surface area (Å²) in [5.74, 6) is 0. The number of nitrogens with zero attached hydrogens (tertiary/aromatic N) is 3. The minimum atomic E-state index is 0.887. The molecule has 5 rings (SSSR count). The summed E-state index contributed by atoms with van der Waals surface area (Å²) in [6.07, 6.45) is 3.70. The minimum Gasteiger partial charge on any atom is -0.297 e. The second kappa shape index (κ2) is 6.07. The van der Waals surface area contributed by atoms with E-state index in [0.717, 1.165) is 32.1 Å². The zero-order valence-electron chi connectivity index (χ0n) is 13.8. The third-order valence-electron chi connectivity index (χ3n) is 4.59. The van der Waals surface area contributed by atoms with Gasteiger partial charge in [0, 0.05) is 9.86 Å². The summed E-state index contributed by atoms with van der Waals surface area (Å²) in [4.78, 5) is 9.15. The predicted molar refractivity (Wildman–Crippen MR) is 110 cm³/mol. The first kappa shape index (κ1) is 15.3. The van der Waals surface area contributed by atoms with Crippen molar-refractivity contribution in [3.05, 3.63) is 89.8 Å². The number of rotatable bonds is 2. The lowest BCUT2D eigenvalue weighted by molar-refractivity contribution is 1.09. The first-order valence-corrected chi connectivity index (χ1v) is 9.17. The van der Waals surface area contributed by atoms with E-state index in [1.165, 1.54) is 11.1 Å². The molecule has 0 aliphatic rings. The molecule has 0 spiro atoms. The molecule has 0 unspecified atom stereocenters. The van der Waals surface area contributed by atoms with E-state index in [0.29, 0.717) is 0 Å². The van der Waals surface area contributed by atoms with E-state index in [1.54, 1.807) is 0 Å². The van der Waals surface area contributed by atoms with Crippen molar-refractivity contribution in [1.29, 1.82) is 0 Å². The third kappa shape index (κ3) is 2.42. The Kier molecular flexibility index (Phi) is 3.57. The second-order valence-electron chi connectivity index (χ2n) is 6.16. The normalized spacial score (nSPS) is 11.3. The Bertz CT molecular complexity index is 1240. The molecule has 3 nitrogen and oxygen atoms in total. The molecule has 26 heavy (non-hydrogen) atoms. The van der Waals surface area contributed by atoms with Crippen molar-refractivity contribution < 1.29 is 0 Å². The zero-order valence-corrected chi connectivity index (χ0v) is 15.4. The van der Waals surface area contributed by atoms with Gasteiger partial charge < -0.3 is 0 Å². The van der Waals surface area contributed by atoms with Crippen molar-refractivity contribution in [3.8, 4) is 16.8 Å². The van der Waals surface area contributed by atoms with Gasteiger partial charge >= 0.3 is 0 Å². The van der Waals surface area contributed by atoms with Gasteiger partial charge in [0.15, 0.2) is 0 Å². The van der Waals surface area contributed by atoms with Crippen LogP contribution in [0.3, 0.4) is 0 Å². The predicted octanol–water partition coefficient (Wildman–Crippen LogP) is 6.00. The fourth-order valence-corrected chi connectivity index (χ4v) is 3.81. The van der Waals surface area contributed by atoms with E-state index in [9.17, 15) is 0 Å². The Hall–Kier alpha value is -2.98. The minimum absolute atomic E-state index is 0.887. The van der Waals surface area contributed by atoms with E-state index >= 15 is 0 Å². The van der Waals surface area contributed by atoms with Gasteiger partial charge in [0.2, 0.25) is 0 Å². The van der Waals surface area contributed by atoms with Gasteiger partial charge in [0.05, 0.1) is 22.9 Å². The van der Waals surface area contributed by atoms with Crippen molar-refractivity contribution in [1.82, 2.24) is 14.5 Å². The van der Waals surface area contributed by atoms with Crippen LogP contribution in [0.2, 0.25) is 0 Å². The largest absolute Gasteiger partial charge is 0.297 e. The summed E-state index contributed by atoms with van der Waals surface area (Å²) in [6.45, 7) is 0. The molecule has 0 aliphatic heterocycles. The number of imidazole rings is 1. The van der Waals surface area contributed by atoms with Crippen LogP contribution in [0, 0.1) is 0 Å². The van der Waals surface area contributed by atoms with Crippen LogP contribution in [-0.4, -0.2) is 14.5 Å². The molecule has 0 radical (unpaired) electrons. The Labute approximate surface area is 159 Å². The van der Waals surface area contributed by atoms with Gasteiger partial charge in [-0.3, -0.25) is 9.55 Å². The number of fused-ring (bicyclic) bond motifs is 3. The highest BCUT2D eigenvalue weighted by Gasteiger charge is 2.12. The number of pyridine rings is 1. The van der Waals surface area contributed by atoms with Crippen LogP contribution in [-0.2, 0) is 0 Å². The molecule has 0 N–H and O–H groups in total. The molecule has 0 atom stereocenters. The summed E-state index contributed by atoms with van der Waals surface area (Å²) in [6, 6.07) is 25.0. The summed E-state index contributed by atoms with van der Waals surface area (Å²) in [5, 5.41) is 1.09. The van der Waals surface area contributed by atoms with Crippen LogP contribution in [0.1, 0.15) is 0 Å². The van der Waals surface area contributed by atoms with Crippen LogP contribution >= 0.6 is 15.9 Å². The van der Waals surface area contributed by atoms with Gasteiger partial charge in [0.1, 0.15) is 11.8 Å². The van der Waals surface area contributed by atoms with Gasteiger partial charge in [-0.1, -0.05) is 48.5 Å². The van der Waals surface area contributed by atoms with E-state index in [-0.39, 0.29) is 0 Å². The molecule has 3 aromatic carbocycles. The highest BCUT2D eigenvalue weighted by atomic mass is 79.9. The van der Waals surface area contributed by atoms with Crippen molar-refractivity contribution in [3.63, 3.8) is 0 Å². The lowest BCUT2D eigenvalue weighted by Crippen LogP contribution is -1.94. The molecule has 2 heterocycles. The maximum atomic E-state index is 4.59. The molecule has 5 aromatic rings. The quantitative estimate of drug-likeness (QED) is 0.364. The molecule has 0 amide bonds. The maximum absolute atomic E-state index is 4.59.